The third kappa shape index (κ3) is 5.27. The number of hydrazine groups is 1. The summed E-state index contributed by atoms with van der Waals surface area (Å²) in [6.07, 6.45) is 0. The maximum absolute atomic E-state index is 12.3. The summed E-state index contributed by atoms with van der Waals surface area (Å²) in [6.45, 7) is 1.67. The number of carbonyl (C=O) groups is 2. The molecule has 1 heterocycles. The van der Waals surface area contributed by atoms with Gasteiger partial charge in [-0.15, -0.1) is 0 Å². The smallest absolute Gasteiger partial charge is 0.291 e. The molecular formula is C19H18N4O5S. The van der Waals surface area contributed by atoms with Gasteiger partial charge in [0.15, 0.2) is 11.5 Å². The predicted octanol–water partition coefficient (Wildman–Crippen LogP) is 1.54. The number of amides is 2. The van der Waals surface area contributed by atoms with Crippen LogP contribution in [-0.4, -0.2) is 25.4 Å². The van der Waals surface area contributed by atoms with E-state index >= 15 is 0 Å². The zero-order chi connectivity index (χ0) is 20.9. The lowest BCUT2D eigenvalue weighted by Crippen LogP contribution is -2.41. The Labute approximate surface area is 167 Å². The van der Waals surface area contributed by atoms with Gasteiger partial charge in [0.05, 0.1) is 11.4 Å². The Bertz CT molecular complexity index is 1110. The highest BCUT2D eigenvalue weighted by Crippen LogP contribution is 2.11. The number of aromatic nitrogens is 1. The lowest BCUT2D eigenvalue weighted by atomic mass is 10.2. The molecule has 29 heavy (non-hydrogen) atoms. The molecule has 0 aliphatic heterocycles. The number of rotatable bonds is 6. The van der Waals surface area contributed by atoms with E-state index in [1.165, 1.54) is 18.2 Å². The monoisotopic (exact) mass is 414 g/mol. The number of benzene rings is 2. The Morgan fingerprint density at radius 3 is 2.31 bits per heavy atom. The number of carbonyl (C=O) groups excluding carboxylic acids is 2. The maximum Gasteiger partial charge on any atom is 0.291 e. The predicted molar refractivity (Wildman–Crippen MR) is 103 cm³/mol. The first-order chi connectivity index (χ1) is 13.8. The SMILES string of the molecule is Cc1ccc(S(=O)(=O)NCc2cc(C(=O)NNC(=O)c3ccccc3)no2)cc1. The van der Waals surface area contributed by atoms with Gasteiger partial charge in [-0.25, -0.2) is 13.1 Å². The molecule has 2 amide bonds. The van der Waals surface area contributed by atoms with Crippen LogP contribution in [0.3, 0.4) is 0 Å². The van der Waals surface area contributed by atoms with E-state index in [-0.39, 0.29) is 22.9 Å². The summed E-state index contributed by atoms with van der Waals surface area (Å²) in [4.78, 5) is 24.1. The third-order valence-corrected chi connectivity index (χ3v) is 5.30. The third-order valence-electron chi connectivity index (χ3n) is 3.88. The Balaban J connectivity index is 1.55. The quantitative estimate of drug-likeness (QED) is 0.525. The van der Waals surface area contributed by atoms with Crippen molar-refractivity contribution in [2.45, 2.75) is 18.4 Å². The van der Waals surface area contributed by atoms with Crippen LogP contribution < -0.4 is 15.6 Å². The Morgan fingerprint density at radius 2 is 1.62 bits per heavy atom. The van der Waals surface area contributed by atoms with Crippen molar-refractivity contribution in [3.05, 3.63) is 83.2 Å². The molecule has 9 nitrogen and oxygen atoms in total. The van der Waals surface area contributed by atoms with Crippen molar-refractivity contribution in [2.75, 3.05) is 0 Å². The molecule has 0 unspecified atom stereocenters. The van der Waals surface area contributed by atoms with Crippen molar-refractivity contribution >= 4 is 21.8 Å². The lowest BCUT2D eigenvalue weighted by molar-refractivity contribution is 0.0841. The molecule has 3 aromatic rings. The minimum atomic E-state index is -3.73. The molecule has 3 rings (SSSR count). The standard InChI is InChI=1S/C19H18N4O5S/c1-13-7-9-16(10-8-13)29(26,27)20-12-15-11-17(23-28-15)19(25)22-21-18(24)14-5-3-2-4-6-14/h2-11,20H,12H2,1H3,(H,21,24)(H,22,25). The summed E-state index contributed by atoms with van der Waals surface area (Å²) in [6, 6.07) is 16.0. The van der Waals surface area contributed by atoms with Crippen molar-refractivity contribution in [1.29, 1.82) is 0 Å². The Kier molecular flexibility index (Phi) is 6.05. The van der Waals surface area contributed by atoms with Gasteiger partial charge in [0.2, 0.25) is 10.0 Å². The summed E-state index contributed by atoms with van der Waals surface area (Å²) in [5, 5.41) is 3.58. The van der Waals surface area contributed by atoms with Crippen LogP contribution in [0.1, 0.15) is 32.2 Å². The lowest BCUT2D eigenvalue weighted by Gasteiger charge is -2.05. The summed E-state index contributed by atoms with van der Waals surface area (Å²) >= 11 is 0. The molecule has 3 N–H and O–H groups in total. The van der Waals surface area contributed by atoms with Crippen LogP contribution in [0.4, 0.5) is 0 Å². The number of nitrogens with zero attached hydrogens (tertiary/aromatic N) is 1. The van der Waals surface area contributed by atoms with Crippen LogP contribution in [0.25, 0.3) is 0 Å². The summed E-state index contributed by atoms with van der Waals surface area (Å²) in [7, 11) is -3.73. The average molecular weight is 414 g/mol. The van der Waals surface area contributed by atoms with E-state index in [0.717, 1.165) is 5.56 Å². The number of nitrogens with one attached hydrogen (secondary N) is 3. The fourth-order valence-electron chi connectivity index (χ4n) is 2.31. The van der Waals surface area contributed by atoms with Crippen molar-refractivity contribution in [3.8, 4) is 0 Å². The Hall–Kier alpha value is -3.50. The number of aryl methyl sites for hydroxylation is 1. The topological polar surface area (TPSA) is 130 Å². The molecule has 0 atom stereocenters. The molecule has 1 aromatic heterocycles. The van der Waals surface area contributed by atoms with Gasteiger partial charge >= 0.3 is 0 Å². The van der Waals surface area contributed by atoms with Gasteiger partial charge in [0.25, 0.3) is 11.8 Å². The zero-order valence-electron chi connectivity index (χ0n) is 15.4. The molecule has 0 fully saturated rings. The van der Waals surface area contributed by atoms with E-state index in [9.17, 15) is 18.0 Å². The highest BCUT2D eigenvalue weighted by atomic mass is 32.2. The van der Waals surface area contributed by atoms with Crippen LogP contribution in [-0.2, 0) is 16.6 Å². The largest absolute Gasteiger partial charge is 0.359 e. The van der Waals surface area contributed by atoms with Crippen molar-refractivity contribution in [3.63, 3.8) is 0 Å². The fourth-order valence-corrected chi connectivity index (χ4v) is 3.30. The first-order valence-electron chi connectivity index (χ1n) is 8.53. The molecule has 0 aliphatic carbocycles. The maximum atomic E-state index is 12.3. The fraction of sp³-hybridized carbons (Fsp3) is 0.105. The zero-order valence-corrected chi connectivity index (χ0v) is 16.2. The van der Waals surface area contributed by atoms with E-state index in [1.54, 1.807) is 42.5 Å². The van der Waals surface area contributed by atoms with Crippen LogP contribution in [0.2, 0.25) is 0 Å². The highest BCUT2D eigenvalue weighted by molar-refractivity contribution is 7.89. The van der Waals surface area contributed by atoms with Crippen molar-refractivity contribution in [1.82, 2.24) is 20.7 Å². The second-order valence-corrected chi connectivity index (χ2v) is 7.86. The van der Waals surface area contributed by atoms with E-state index in [0.29, 0.717) is 5.56 Å². The molecule has 0 aliphatic rings. The first-order valence-corrected chi connectivity index (χ1v) is 10.0. The molecule has 10 heteroatoms. The van der Waals surface area contributed by atoms with E-state index < -0.39 is 21.8 Å². The molecular weight excluding hydrogens is 396 g/mol. The minimum absolute atomic E-state index is 0.108. The van der Waals surface area contributed by atoms with E-state index in [1.807, 2.05) is 6.92 Å². The van der Waals surface area contributed by atoms with Gasteiger partial charge in [-0.3, -0.25) is 20.4 Å². The van der Waals surface area contributed by atoms with Gasteiger partial charge in [0.1, 0.15) is 0 Å². The molecule has 0 spiro atoms. The van der Waals surface area contributed by atoms with Crippen LogP contribution in [0.5, 0.6) is 0 Å². The van der Waals surface area contributed by atoms with Gasteiger partial charge in [-0.2, -0.15) is 0 Å². The highest BCUT2D eigenvalue weighted by Gasteiger charge is 2.17. The second kappa shape index (κ2) is 8.67. The first kappa shape index (κ1) is 20.2. The Morgan fingerprint density at radius 1 is 0.966 bits per heavy atom. The number of sulfonamides is 1. The summed E-state index contributed by atoms with van der Waals surface area (Å²) < 4.78 is 31.9. The second-order valence-electron chi connectivity index (χ2n) is 6.09. The normalized spacial score (nSPS) is 11.1. The van der Waals surface area contributed by atoms with Gasteiger partial charge in [0, 0.05) is 11.6 Å². The van der Waals surface area contributed by atoms with E-state index in [4.69, 9.17) is 4.52 Å². The molecule has 2 aromatic carbocycles. The van der Waals surface area contributed by atoms with Crippen molar-refractivity contribution in [2.24, 2.45) is 0 Å². The van der Waals surface area contributed by atoms with E-state index in [2.05, 4.69) is 20.7 Å². The summed E-state index contributed by atoms with van der Waals surface area (Å²) in [5.74, 6) is -1.06. The number of hydrogen-bond donors (Lipinski definition) is 3. The van der Waals surface area contributed by atoms with Crippen LogP contribution >= 0.6 is 0 Å². The van der Waals surface area contributed by atoms with Crippen molar-refractivity contribution < 1.29 is 22.5 Å². The van der Waals surface area contributed by atoms with Gasteiger partial charge in [-0.05, 0) is 31.2 Å². The average Bonchev–Trinajstić information content (AvgIpc) is 3.20. The minimum Gasteiger partial charge on any atom is -0.359 e. The molecule has 0 radical (unpaired) electrons. The number of hydrogen-bond acceptors (Lipinski definition) is 6. The van der Waals surface area contributed by atoms with Crippen LogP contribution in [0.15, 0.2) is 70.1 Å². The molecule has 150 valence electrons. The van der Waals surface area contributed by atoms with Gasteiger partial charge < -0.3 is 4.52 Å². The van der Waals surface area contributed by atoms with Crippen LogP contribution in [0, 0.1) is 6.92 Å². The molecule has 0 bridgehead atoms. The molecule has 0 saturated carbocycles. The summed E-state index contributed by atoms with van der Waals surface area (Å²) in [5.41, 5.74) is 5.68. The van der Waals surface area contributed by atoms with Gasteiger partial charge in [-0.1, -0.05) is 41.1 Å². The molecule has 0 saturated heterocycles.